The highest BCUT2D eigenvalue weighted by atomic mass is 19.3. The first-order valence-electron chi connectivity index (χ1n) is 6.90. The Balaban J connectivity index is 0.000000243. The fraction of sp³-hybridized carbons (Fsp3) is 0.250. The Morgan fingerprint density at radius 2 is 1.92 bits per heavy atom. The second-order valence-corrected chi connectivity index (χ2v) is 4.85. The number of rotatable bonds is 4. The zero-order chi connectivity index (χ0) is 18.3. The molecule has 130 valence electrons. The number of nitrogens with two attached hydrogens (primary N) is 1. The third kappa shape index (κ3) is 5.54. The van der Waals surface area contributed by atoms with E-state index in [1.54, 1.807) is 19.1 Å². The molecule has 0 saturated carbocycles. The van der Waals surface area contributed by atoms with Gasteiger partial charge in [-0.15, -0.1) is 0 Å². The second-order valence-electron chi connectivity index (χ2n) is 4.85. The zero-order valence-corrected chi connectivity index (χ0v) is 13.1. The lowest BCUT2D eigenvalue weighted by molar-refractivity contribution is -0.385. The summed E-state index contributed by atoms with van der Waals surface area (Å²) in [5, 5.41) is 10.3. The van der Waals surface area contributed by atoms with Crippen molar-refractivity contribution in [3.05, 3.63) is 69.0 Å². The summed E-state index contributed by atoms with van der Waals surface area (Å²) in [7, 11) is 0. The summed E-state index contributed by atoms with van der Waals surface area (Å²) in [4.78, 5) is 9.97. The van der Waals surface area contributed by atoms with E-state index in [2.05, 4.69) is 4.74 Å². The van der Waals surface area contributed by atoms with Gasteiger partial charge in [-0.25, -0.2) is 4.39 Å². The van der Waals surface area contributed by atoms with Gasteiger partial charge in [0.2, 0.25) is 0 Å². The monoisotopic (exact) mass is 342 g/mol. The predicted molar refractivity (Wildman–Crippen MR) is 83.5 cm³/mol. The quantitative estimate of drug-likeness (QED) is 0.670. The summed E-state index contributed by atoms with van der Waals surface area (Å²) < 4.78 is 40.5. The number of nitrogens with zero attached hydrogens (tertiary/aromatic N) is 1. The Labute approximate surface area is 137 Å². The first kappa shape index (κ1) is 19.4. The molecule has 0 unspecified atom stereocenters. The van der Waals surface area contributed by atoms with Gasteiger partial charge in [0.15, 0.2) is 0 Å². The number of benzene rings is 2. The summed E-state index contributed by atoms with van der Waals surface area (Å²) in [6.45, 7) is 0.517. The van der Waals surface area contributed by atoms with E-state index >= 15 is 0 Å². The summed E-state index contributed by atoms with van der Waals surface area (Å²) in [5.41, 5.74) is 7.08. The summed E-state index contributed by atoms with van der Waals surface area (Å²) in [5.74, 6) is -0.849. The molecular formula is C16H17F3N2O3. The number of ether oxygens (including phenoxy) is 1. The smallest absolute Gasteiger partial charge is 0.387 e. The number of nitro benzene ring substituents is 1. The van der Waals surface area contributed by atoms with E-state index in [4.69, 9.17) is 5.73 Å². The maximum Gasteiger partial charge on any atom is 0.387 e. The van der Waals surface area contributed by atoms with E-state index in [0.29, 0.717) is 0 Å². The van der Waals surface area contributed by atoms with Crippen molar-refractivity contribution < 1.29 is 22.8 Å². The van der Waals surface area contributed by atoms with Crippen LogP contribution in [-0.2, 0) is 6.54 Å². The molecule has 0 aliphatic heterocycles. The van der Waals surface area contributed by atoms with Gasteiger partial charge < -0.3 is 10.5 Å². The first-order chi connectivity index (χ1) is 11.3. The number of alkyl halides is 2. The average Bonchev–Trinajstić information content (AvgIpc) is 2.47. The zero-order valence-electron chi connectivity index (χ0n) is 13.1. The second kappa shape index (κ2) is 8.88. The molecule has 0 atom stereocenters. The molecule has 24 heavy (non-hydrogen) atoms. The summed E-state index contributed by atoms with van der Waals surface area (Å²) in [6, 6.07) is 8.75. The van der Waals surface area contributed by atoms with Crippen LogP contribution in [0.1, 0.15) is 16.7 Å². The molecule has 0 saturated heterocycles. The molecular weight excluding hydrogens is 325 g/mol. The van der Waals surface area contributed by atoms with Crippen LogP contribution in [0.25, 0.3) is 0 Å². The van der Waals surface area contributed by atoms with Gasteiger partial charge in [0.05, 0.1) is 4.92 Å². The minimum Gasteiger partial charge on any atom is -0.434 e. The van der Waals surface area contributed by atoms with E-state index in [1.165, 1.54) is 18.2 Å². The average molecular weight is 342 g/mol. The Morgan fingerprint density at radius 3 is 2.42 bits per heavy atom. The van der Waals surface area contributed by atoms with Crippen LogP contribution < -0.4 is 10.5 Å². The third-order valence-corrected chi connectivity index (χ3v) is 3.05. The van der Waals surface area contributed by atoms with Crippen LogP contribution in [0.2, 0.25) is 0 Å². The standard InChI is InChI=1S/C8H8F3NO.C8H9NO2/c9-6-2-1-3-7(5(6)4-12)13-8(10)11;1-6-3-4-8(9(10)11)7(2)5-6/h1-3,8H,4,12H2;3-5H,1-2H3. The van der Waals surface area contributed by atoms with Gasteiger partial charge in [0.25, 0.3) is 5.69 Å². The number of hydrogen-bond donors (Lipinski definition) is 1. The molecule has 0 radical (unpaired) electrons. The normalized spacial score (nSPS) is 10.1. The molecule has 8 heteroatoms. The molecule has 5 nitrogen and oxygen atoms in total. The van der Waals surface area contributed by atoms with Crippen LogP contribution in [0.4, 0.5) is 18.9 Å². The van der Waals surface area contributed by atoms with Crippen molar-refractivity contribution in [2.45, 2.75) is 27.0 Å². The van der Waals surface area contributed by atoms with Crippen LogP contribution in [0.3, 0.4) is 0 Å². The van der Waals surface area contributed by atoms with Crippen LogP contribution in [0.5, 0.6) is 5.75 Å². The number of nitro groups is 1. The van der Waals surface area contributed by atoms with Gasteiger partial charge in [-0.3, -0.25) is 10.1 Å². The van der Waals surface area contributed by atoms with Gasteiger partial charge in [-0.1, -0.05) is 17.7 Å². The van der Waals surface area contributed by atoms with Crippen LogP contribution >= 0.6 is 0 Å². The van der Waals surface area contributed by atoms with Crippen LogP contribution in [-0.4, -0.2) is 11.5 Å². The van der Waals surface area contributed by atoms with Crippen molar-refractivity contribution in [3.63, 3.8) is 0 Å². The molecule has 2 aromatic carbocycles. The van der Waals surface area contributed by atoms with Crippen LogP contribution in [0.15, 0.2) is 36.4 Å². The van der Waals surface area contributed by atoms with E-state index < -0.39 is 12.4 Å². The number of hydrogen-bond acceptors (Lipinski definition) is 4. The largest absolute Gasteiger partial charge is 0.434 e. The molecule has 2 rings (SSSR count). The van der Waals surface area contributed by atoms with Crippen molar-refractivity contribution >= 4 is 5.69 Å². The van der Waals surface area contributed by atoms with Gasteiger partial charge >= 0.3 is 6.61 Å². The fourth-order valence-corrected chi connectivity index (χ4v) is 1.95. The highest BCUT2D eigenvalue weighted by Gasteiger charge is 2.11. The Hall–Kier alpha value is -2.61. The molecule has 0 aliphatic rings. The highest BCUT2D eigenvalue weighted by Crippen LogP contribution is 2.22. The van der Waals surface area contributed by atoms with Crippen LogP contribution in [0, 0.1) is 29.8 Å². The maximum absolute atomic E-state index is 12.9. The molecule has 0 heterocycles. The molecule has 0 amide bonds. The van der Waals surface area contributed by atoms with Gasteiger partial charge in [-0.05, 0) is 32.0 Å². The Morgan fingerprint density at radius 1 is 1.25 bits per heavy atom. The lowest BCUT2D eigenvalue weighted by Crippen LogP contribution is -2.08. The Bertz CT molecular complexity index is 709. The topological polar surface area (TPSA) is 78.4 Å². The highest BCUT2D eigenvalue weighted by molar-refractivity contribution is 5.41. The molecule has 2 N–H and O–H groups in total. The van der Waals surface area contributed by atoms with Crippen molar-refractivity contribution in [2.75, 3.05) is 0 Å². The minimum absolute atomic E-state index is 0.0391. The fourth-order valence-electron chi connectivity index (χ4n) is 1.95. The first-order valence-corrected chi connectivity index (χ1v) is 6.90. The van der Waals surface area contributed by atoms with E-state index in [-0.39, 0.29) is 28.5 Å². The molecule has 0 spiro atoms. The molecule has 0 aromatic heterocycles. The number of halogens is 3. The van der Waals surface area contributed by atoms with Gasteiger partial charge in [0.1, 0.15) is 11.6 Å². The molecule has 0 aliphatic carbocycles. The summed E-state index contributed by atoms with van der Waals surface area (Å²) >= 11 is 0. The van der Waals surface area contributed by atoms with Crippen molar-refractivity contribution in [1.82, 2.24) is 0 Å². The predicted octanol–water partition coefficient (Wildman–Crippen LogP) is 4.10. The lowest BCUT2D eigenvalue weighted by atomic mass is 10.1. The van der Waals surface area contributed by atoms with E-state index in [9.17, 15) is 23.3 Å². The van der Waals surface area contributed by atoms with Gasteiger partial charge in [-0.2, -0.15) is 8.78 Å². The van der Waals surface area contributed by atoms with E-state index in [1.807, 2.05) is 6.92 Å². The molecule has 0 bridgehead atoms. The Kier molecular flexibility index (Phi) is 7.19. The summed E-state index contributed by atoms with van der Waals surface area (Å²) in [6.07, 6.45) is 0. The molecule has 0 fully saturated rings. The lowest BCUT2D eigenvalue weighted by Gasteiger charge is -2.09. The van der Waals surface area contributed by atoms with Crippen molar-refractivity contribution in [1.29, 1.82) is 0 Å². The molecule has 2 aromatic rings. The third-order valence-electron chi connectivity index (χ3n) is 3.05. The maximum atomic E-state index is 12.9. The minimum atomic E-state index is -2.97. The van der Waals surface area contributed by atoms with Crippen molar-refractivity contribution in [2.24, 2.45) is 5.73 Å². The van der Waals surface area contributed by atoms with Crippen molar-refractivity contribution in [3.8, 4) is 5.75 Å². The number of aryl methyl sites for hydroxylation is 2. The SMILES string of the molecule is Cc1ccc([N+](=O)[O-])c(C)c1.NCc1c(F)cccc1OC(F)F. The van der Waals surface area contributed by atoms with E-state index in [0.717, 1.165) is 17.2 Å². The van der Waals surface area contributed by atoms with Gasteiger partial charge in [0, 0.05) is 23.7 Å².